The van der Waals surface area contributed by atoms with Gasteiger partial charge in [0.05, 0.1) is 18.5 Å². The fourth-order valence-electron chi connectivity index (χ4n) is 4.82. The molecule has 2 aliphatic rings. The van der Waals surface area contributed by atoms with Crippen molar-refractivity contribution in [2.75, 3.05) is 18.6 Å². The number of carbonyl (C=O) groups is 2. The second-order valence-corrected chi connectivity index (χ2v) is 8.85. The summed E-state index contributed by atoms with van der Waals surface area (Å²) in [5.41, 5.74) is 9.53. The molecule has 9 heteroatoms. The summed E-state index contributed by atoms with van der Waals surface area (Å²) in [6.07, 6.45) is 2.79. The van der Waals surface area contributed by atoms with E-state index in [0.29, 0.717) is 42.2 Å². The number of carbonyl (C=O) groups excluding carboxylic acids is 2. The van der Waals surface area contributed by atoms with Crippen molar-refractivity contribution in [3.05, 3.63) is 76.0 Å². The van der Waals surface area contributed by atoms with Gasteiger partial charge >= 0.3 is 0 Å². The topological polar surface area (TPSA) is 120 Å². The van der Waals surface area contributed by atoms with E-state index in [-0.39, 0.29) is 23.8 Å². The SMILES string of the molecule is COc1ccc(-n2nc(CN=O)c3c2C(=O)N(c2ccc(C4(CC(N)=O)CC4)cc2)CC3)cc1. The first-order valence-corrected chi connectivity index (χ1v) is 11.2. The Hall–Kier alpha value is -4.01. The van der Waals surface area contributed by atoms with Crippen molar-refractivity contribution < 1.29 is 14.3 Å². The first-order valence-electron chi connectivity index (χ1n) is 11.2. The van der Waals surface area contributed by atoms with Crippen molar-refractivity contribution in [1.82, 2.24) is 9.78 Å². The van der Waals surface area contributed by atoms with Crippen LogP contribution in [-0.2, 0) is 23.2 Å². The lowest BCUT2D eigenvalue weighted by Crippen LogP contribution is -2.38. The molecule has 174 valence electrons. The third-order valence-corrected chi connectivity index (χ3v) is 6.79. The Kier molecular flexibility index (Phi) is 5.39. The lowest BCUT2D eigenvalue weighted by molar-refractivity contribution is -0.118. The number of ether oxygens (including phenoxy) is 1. The Morgan fingerprint density at radius 3 is 2.38 bits per heavy atom. The molecule has 9 nitrogen and oxygen atoms in total. The van der Waals surface area contributed by atoms with Crippen LogP contribution in [0.2, 0.25) is 0 Å². The summed E-state index contributed by atoms with van der Waals surface area (Å²) in [5.74, 6) is 0.206. The highest BCUT2D eigenvalue weighted by molar-refractivity contribution is 6.07. The second-order valence-electron chi connectivity index (χ2n) is 8.85. The van der Waals surface area contributed by atoms with Crippen molar-refractivity contribution >= 4 is 17.5 Å². The van der Waals surface area contributed by atoms with Crippen LogP contribution in [-0.4, -0.2) is 35.2 Å². The molecule has 2 aromatic carbocycles. The van der Waals surface area contributed by atoms with Crippen molar-refractivity contribution in [3.63, 3.8) is 0 Å². The molecule has 0 saturated heterocycles. The van der Waals surface area contributed by atoms with E-state index in [0.717, 1.165) is 29.7 Å². The second kappa shape index (κ2) is 8.40. The third-order valence-electron chi connectivity index (χ3n) is 6.79. The number of nitrogens with zero attached hydrogens (tertiary/aromatic N) is 4. The zero-order valence-corrected chi connectivity index (χ0v) is 18.9. The maximum atomic E-state index is 13.7. The van der Waals surface area contributed by atoms with E-state index in [9.17, 15) is 14.5 Å². The molecule has 2 amide bonds. The number of rotatable bonds is 8. The fraction of sp³-hybridized carbons (Fsp3) is 0.320. The molecule has 1 aliphatic heterocycles. The minimum atomic E-state index is -0.298. The predicted octanol–water partition coefficient (Wildman–Crippen LogP) is 3.26. The van der Waals surface area contributed by atoms with E-state index in [1.807, 2.05) is 36.4 Å². The van der Waals surface area contributed by atoms with Crippen LogP contribution in [0, 0.1) is 4.91 Å². The van der Waals surface area contributed by atoms with Crippen LogP contribution in [0.5, 0.6) is 5.75 Å². The average molecular weight is 460 g/mol. The zero-order valence-electron chi connectivity index (χ0n) is 18.9. The molecule has 0 unspecified atom stereocenters. The van der Waals surface area contributed by atoms with Gasteiger partial charge in [-0.25, -0.2) is 4.68 Å². The number of fused-ring (bicyclic) bond motifs is 1. The molecule has 1 aromatic heterocycles. The first kappa shape index (κ1) is 21.8. The number of hydrogen-bond donors (Lipinski definition) is 1. The van der Waals surface area contributed by atoms with E-state index in [4.69, 9.17) is 10.5 Å². The van der Waals surface area contributed by atoms with Gasteiger partial charge in [0.25, 0.3) is 5.91 Å². The van der Waals surface area contributed by atoms with Gasteiger partial charge in [-0.2, -0.15) is 10.0 Å². The Labute approximate surface area is 196 Å². The maximum absolute atomic E-state index is 13.7. The molecular formula is C25H25N5O4. The van der Waals surface area contributed by atoms with Gasteiger partial charge in [0.1, 0.15) is 18.0 Å². The number of methoxy groups -OCH3 is 1. The molecule has 2 N–H and O–H groups in total. The molecule has 1 aliphatic carbocycles. The third kappa shape index (κ3) is 3.72. The van der Waals surface area contributed by atoms with Gasteiger partial charge in [-0.15, -0.1) is 0 Å². The summed E-state index contributed by atoms with van der Waals surface area (Å²) in [4.78, 5) is 37.8. The van der Waals surface area contributed by atoms with Crippen LogP contribution < -0.4 is 15.4 Å². The van der Waals surface area contributed by atoms with E-state index in [1.165, 1.54) is 0 Å². The van der Waals surface area contributed by atoms with Crippen LogP contribution in [0.15, 0.2) is 53.7 Å². The van der Waals surface area contributed by atoms with Crippen molar-refractivity contribution in [2.24, 2.45) is 10.9 Å². The van der Waals surface area contributed by atoms with Gasteiger partial charge < -0.3 is 15.4 Å². The van der Waals surface area contributed by atoms with Crippen molar-refractivity contribution in [3.8, 4) is 11.4 Å². The van der Waals surface area contributed by atoms with E-state index < -0.39 is 0 Å². The lowest BCUT2D eigenvalue weighted by atomic mass is 9.92. The summed E-state index contributed by atoms with van der Waals surface area (Å²) in [6, 6.07) is 15.0. The summed E-state index contributed by atoms with van der Waals surface area (Å²) in [7, 11) is 1.59. The number of amides is 2. The molecule has 1 saturated carbocycles. The normalized spacial score (nSPS) is 16.1. The predicted molar refractivity (Wildman–Crippen MR) is 126 cm³/mol. The van der Waals surface area contributed by atoms with Crippen LogP contribution in [0.4, 0.5) is 5.69 Å². The summed E-state index contributed by atoms with van der Waals surface area (Å²) >= 11 is 0. The zero-order chi connectivity index (χ0) is 23.9. The smallest absolute Gasteiger partial charge is 0.277 e. The number of benzene rings is 2. The Morgan fingerprint density at radius 1 is 1.12 bits per heavy atom. The van der Waals surface area contributed by atoms with Crippen molar-refractivity contribution in [1.29, 1.82) is 0 Å². The minimum Gasteiger partial charge on any atom is -0.497 e. The van der Waals surface area contributed by atoms with Gasteiger partial charge in [-0.1, -0.05) is 17.3 Å². The van der Waals surface area contributed by atoms with Gasteiger partial charge in [0, 0.05) is 29.6 Å². The standard InChI is InChI=1S/C25H25N5O4/c1-34-19-8-6-18(7-9-19)30-23-20(21(28-30)15-27-33)10-13-29(24(23)32)17-4-2-16(3-5-17)25(11-12-25)14-22(26)31/h2-9H,10-15H2,1H3,(H2,26,31). The number of nitroso groups, excluding NO2 is 1. The van der Waals surface area contributed by atoms with E-state index in [1.54, 1.807) is 28.8 Å². The highest BCUT2D eigenvalue weighted by Gasteiger charge is 2.45. The van der Waals surface area contributed by atoms with E-state index >= 15 is 0 Å². The minimum absolute atomic E-state index is 0.0879. The quantitative estimate of drug-likeness (QED) is 0.519. The van der Waals surface area contributed by atoms with Gasteiger partial charge in [0.15, 0.2) is 0 Å². The lowest BCUT2D eigenvalue weighted by Gasteiger charge is -2.28. The largest absolute Gasteiger partial charge is 0.497 e. The van der Waals surface area contributed by atoms with Gasteiger partial charge in [-0.3, -0.25) is 9.59 Å². The number of nitrogens with two attached hydrogens (primary N) is 1. The van der Waals surface area contributed by atoms with Crippen LogP contribution >= 0.6 is 0 Å². The van der Waals surface area contributed by atoms with Crippen molar-refractivity contribution in [2.45, 2.75) is 37.6 Å². The summed E-state index contributed by atoms with van der Waals surface area (Å²) in [5, 5.41) is 7.56. The molecule has 34 heavy (non-hydrogen) atoms. The van der Waals surface area contributed by atoms with Gasteiger partial charge in [0.2, 0.25) is 5.91 Å². The highest BCUT2D eigenvalue weighted by Crippen LogP contribution is 2.51. The molecule has 0 bridgehead atoms. The maximum Gasteiger partial charge on any atom is 0.277 e. The Balaban J connectivity index is 1.48. The molecule has 1 fully saturated rings. The van der Waals surface area contributed by atoms with Crippen LogP contribution in [0.25, 0.3) is 5.69 Å². The van der Waals surface area contributed by atoms with Crippen LogP contribution in [0.3, 0.4) is 0 Å². The number of aromatic nitrogens is 2. The molecule has 0 atom stereocenters. The number of primary amides is 1. The summed E-state index contributed by atoms with van der Waals surface area (Å²) in [6.45, 7) is 0.382. The fourth-order valence-corrected chi connectivity index (χ4v) is 4.82. The average Bonchev–Trinajstić information content (AvgIpc) is 3.52. The highest BCUT2D eigenvalue weighted by atomic mass is 16.5. The molecule has 0 spiro atoms. The van der Waals surface area contributed by atoms with E-state index in [2.05, 4.69) is 10.3 Å². The number of hydrogen-bond acceptors (Lipinski definition) is 6. The summed E-state index contributed by atoms with van der Waals surface area (Å²) < 4.78 is 6.82. The molecular weight excluding hydrogens is 434 g/mol. The molecule has 2 heterocycles. The number of anilines is 1. The monoisotopic (exact) mass is 459 g/mol. The van der Waals surface area contributed by atoms with Crippen LogP contribution in [0.1, 0.15) is 46.6 Å². The van der Waals surface area contributed by atoms with Gasteiger partial charge in [-0.05, 0) is 61.2 Å². The Bertz CT molecular complexity index is 1260. The molecule has 0 radical (unpaired) electrons. The Morgan fingerprint density at radius 2 is 1.79 bits per heavy atom. The molecule has 3 aromatic rings. The molecule has 5 rings (SSSR count). The first-order chi connectivity index (χ1) is 16.5.